The Balaban J connectivity index is 0.00000192. The van der Waals surface area contributed by atoms with Gasteiger partial charge in [-0.05, 0) is 25.3 Å². The summed E-state index contributed by atoms with van der Waals surface area (Å²) >= 11 is 6.22. The second-order valence-corrected chi connectivity index (χ2v) is 6.17. The van der Waals surface area contributed by atoms with Gasteiger partial charge in [-0.2, -0.15) is 0 Å². The predicted octanol–water partition coefficient (Wildman–Crippen LogP) is 2.47. The van der Waals surface area contributed by atoms with Crippen molar-refractivity contribution in [3.63, 3.8) is 0 Å². The van der Waals surface area contributed by atoms with Crippen molar-refractivity contribution in [2.75, 3.05) is 20.3 Å². The van der Waals surface area contributed by atoms with Gasteiger partial charge in [0.1, 0.15) is 5.75 Å². The average molecular weight is 361 g/mol. The second kappa shape index (κ2) is 8.20. The molecular formula is C16H22Cl2N2O3. The van der Waals surface area contributed by atoms with Gasteiger partial charge in [-0.1, -0.05) is 23.7 Å². The van der Waals surface area contributed by atoms with E-state index in [9.17, 15) is 4.79 Å². The lowest BCUT2D eigenvalue weighted by Crippen LogP contribution is -2.42. The van der Waals surface area contributed by atoms with Gasteiger partial charge in [0.15, 0.2) is 0 Å². The summed E-state index contributed by atoms with van der Waals surface area (Å²) in [6.45, 7) is 1.33. The van der Waals surface area contributed by atoms with Gasteiger partial charge in [0.25, 0.3) is 0 Å². The lowest BCUT2D eigenvalue weighted by Gasteiger charge is -2.21. The zero-order valence-corrected chi connectivity index (χ0v) is 14.6. The van der Waals surface area contributed by atoms with Crippen molar-refractivity contribution >= 4 is 29.9 Å². The molecule has 2 aliphatic rings. The van der Waals surface area contributed by atoms with Gasteiger partial charge in [0.05, 0.1) is 29.8 Å². The average Bonchev–Trinajstić information content (AvgIpc) is 2.91. The highest BCUT2D eigenvalue weighted by Gasteiger charge is 2.31. The van der Waals surface area contributed by atoms with Gasteiger partial charge in [0, 0.05) is 19.2 Å². The number of halogens is 2. The van der Waals surface area contributed by atoms with Crippen molar-refractivity contribution in [3.8, 4) is 5.75 Å². The second-order valence-electron chi connectivity index (χ2n) is 5.76. The summed E-state index contributed by atoms with van der Waals surface area (Å²) in [5.41, 5.74) is 0.958. The van der Waals surface area contributed by atoms with Crippen LogP contribution in [0.1, 0.15) is 30.9 Å². The number of fused-ring (bicyclic) bond motifs is 1. The van der Waals surface area contributed by atoms with E-state index >= 15 is 0 Å². The summed E-state index contributed by atoms with van der Waals surface area (Å²) in [7, 11) is 1.67. The lowest BCUT2D eigenvalue weighted by atomic mass is 10.0. The Bertz CT molecular complexity index is 556. The van der Waals surface area contributed by atoms with Crippen LogP contribution in [-0.4, -0.2) is 38.3 Å². The number of carbonyl (C=O) groups excluding carboxylic acids is 1. The molecule has 128 valence electrons. The number of nitrogens with one attached hydrogen (secondary N) is 2. The number of rotatable bonds is 3. The Morgan fingerprint density at radius 2 is 2.30 bits per heavy atom. The van der Waals surface area contributed by atoms with Gasteiger partial charge >= 0.3 is 0 Å². The van der Waals surface area contributed by atoms with Crippen LogP contribution < -0.4 is 15.4 Å². The molecule has 2 heterocycles. The molecule has 0 bridgehead atoms. The maximum Gasteiger partial charge on any atom is 0.237 e. The number of para-hydroxylation sites is 1. The quantitative estimate of drug-likeness (QED) is 0.869. The van der Waals surface area contributed by atoms with Crippen LogP contribution in [0.25, 0.3) is 0 Å². The summed E-state index contributed by atoms with van der Waals surface area (Å²) in [4.78, 5) is 12.5. The first-order valence-electron chi connectivity index (χ1n) is 7.67. The Hall–Kier alpha value is -1.01. The van der Waals surface area contributed by atoms with Crippen LogP contribution in [0.3, 0.4) is 0 Å². The molecule has 0 aliphatic carbocycles. The Labute approximate surface area is 147 Å². The Morgan fingerprint density at radius 3 is 3.04 bits per heavy atom. The Morgan fingerprint density at radius 1 is 1.48 bits per heavy atom. The summed E-state index contributed by atoms with van der Waals surface area (Å²) in [6, 6.07) is 5.41. The first-order valence-corrected chi connectivity index (χ1v) is 8.04. The van der Waals surface area contributed by atoms with Crippen LogP contribution in [-0.2, 0) is 9.53 Å². The summed E-state index contributed by atoms with van der Waals surface area (Å²) < 4.78 is 11.0. The first kappa shape index (κ1) is 18.3. The molecule has 1 unspecified atom stereocenters. The zero-order valence-electron chi connectivity index (χ0n) is 13.0. The maximum atomic E-state index is 12.5. The molecule has 0 aromatic heterocycles. The summed E-state index contributed by atoms with van der Waals surface area (Å²) in [5.74, 6) is 0.707. The minimum Gasteiger partial charge on any atom is -0.492 e. The fraction of sp³-hybridized carbons (Fsp3) is 0.562. The molecule has 1 aromatic rings. The SMILES string of the molecule is CO[C@@H]1CN[C@@H](C(=O)NC2CCCOc3c(Cl)cccc32)C1.Cl. The third kappa shape index (κ3) is 4.10. The molecule has 1 amide bonds. The van der Waals surface area contributed by atoms with Crippen molar-refractivity contribution in [1.29, 1.82) is 0 Å². The molecular weight excluding hydrogens is 339 g/mol. The number of benzene rings is 1. The molecule has 1 fully saturated rings. The number of ether oxygens (including phenoxy) is 2. The van der Waals surface area contributed by atoms with E-state index in [0.717, 1.165) is 18.4 Å². The van der Waals surface area contributed by atoms with E-state index < -0.39 is 0 Å². The molecule has 3 atom stereocenters. The summed E-state index contributed by atoms with van der Waals surface area (Å²) in [6.07, 6.45) is 2.54. The fourth-order valence-electron chi connectivity index (χ4n) is 3.07. The van der Waals surface area contributed by atoms with Gasteiger partial charge in [-0.3, -0.25) is 4.79 Å². The van der Waals surface area contributed by atoms with E-state index in [1.165, 1.54) is 0 Å². The van der Waals surface area contributed by atoms with Gasteiger partial charge in [-0.25, -0.2) is 0 Å². The van der Waals surface area contributed by atoms with Crippen molar-refractivity contribution in [2.45, 2.75) is 37.5 Å². The van der Waals surface area contributed by atoms with E-state index in [1.807, 2.05) is 18.2 Å². The first-order chi connectivity index (χ1) is 10.7. The molecule has 3 rings (SSSR count). The highest BCUT2D eigenvalue weighted by molar-refractivity contribution is 6.32. The molecule has 0 saturated carbocycles. The van der Waals surface area contributed by atoms with Crippen LogP contribution in [0.5, 0.6) is 5.75 Å². The van der Waals surface area contributed by atoms with Crippen molar-refractivity contribution in [2.24, 2.45) is 0 Å². The van der Waals surface area contributed by atoms with Crippen molar-refractivity contribution < 1.29 is 14.3 Å². The minimum atomic E-state index is -0.197. The highest BCUT2D eigenvalue weighted by atomic mass is 35.5. The number of carbonyl (C=O) groups is 1. The van der Waals surface area contributed by atoms with Crippen LogP contribution in [0.4, 0.5) is 0 Å². The molecule has 2 N–H and O–H groups in total. The van der Waals surface area contributed by atoms with Crippen LogP contribution in [0.15, 0.2) is 18.2 Å². The summed E-state index contributed by atoms with van der Waals surface area (Å²) in [5, 5.41) is 6.93. The predicted molar refractivity (Wildman–Crippen MR) is 91.5 cm³/mol. The topological polar surface area (TPSA) is 59.6 Å². The third-order valence-corrected chi connectivity index (χ3v) is 4.61. The zero-order chi connectivity index (χ0) is 15.5. The number of hydrogen-bond acceptors (Lipinski definition) is 4. The standard InChI is InChI=1S/C16H21ClN2O3.ClH/c1-21-10-8-14(18-9-10)16(20)19-13-6-3-7-22-15-11(13)4-2-5-12(15)17;/h2,4-5,10,13-14,18H,3,6-9H2,1H3,(H,19,20);1H/t10-,13?,14+;/m0./s1. The lowest BCUT2D eigenvalue weighted by molar-refractivity contribution is -0.123. The van der Waals surface area contributed by atoms with Crippen LogP contribution in [0.2, 0.25) is 5.02 Å². The molecule has 1 aromatic carbocycles. The normalized spacial score (nSPS) is 26.4. The largest absolute Gasteiger partial charge is 0.492 e. The minimum absolute atomic E-state index is 0. The van der Waals surface area contributed by atoms with E-state index in [-0.39, 0.29) is 36.5 Å². The van der Waals surface area contributed by atoms with Gasteiger partial charge in [-0.15, -0.1) is 12.4 Å². The number of hydrogen-bond donors (Lipinski definition) is 2. The molecule has 5 nitrogen and oxygen atoms in total. The van der Waals surface area contributed by atoms with Crippen LogP contribution >= 0.6 is 24.0 Å². The van der Waals surface area contributed by atoms with E-state index in [4.69, 9.17) is 21.1 Å². The van der Waals surface area contributed by atoms with E-state index in [1.54, 1.807) is 7.11 Å². The monoisotopic (exact) mass is 360 g/mol. The van der Waals surface area contributed by atoms with Gasteiger partial charge in [0.2, 0.25) is 5.91 Å². The van der Waals surface area contributed by atoms with Crippen LogP contribution in [0, 0.1) is 0 Å². The van der Waals surface area contributed by atoms with Crippen molar-refractivity contribution in [3.05, 3.63) is 28.8 Å². The maximum absolute atomic E-state index is 12.5. The van der Waals surface area contributed by atoms with Gasteiger partial charge < -0.3 is 20.1 Å². The Kier molecular flexibility index (Phi) is 6.53. The fourth-order valence-corrected chi connectivity index (χ4v) is 3.31. The highest BCUT2D eigenvalue weighted by Crippen LogP contribution is 2.36. The molecule has 2 aliphatic heterocycles. The molecule has 23 heavy (non-hydrogen) atoms. The van der Waals surface area contributed by atoms with E-state index in [2.05, 4.69) is 10.6 Å². The molecule has 0 radical (unpaired) electrons. The molecule has 1 saturated heterocycles. The third-order valence-electron chi connectivity index (χ3n) is 4.31. The number of amides is 1. The molecule has 7 heteroatoms. The smallest absolute Gasteiger partial charge is 0.237 e. The number of methoxy groups -OCH3 is 1. The van der Waals surface area contributed by atoms with Crippen molar-refractivity contribution in [1.82, 2.24) is 10.6 Å². The molecule has 0 spiro atoms. The van der Waals surface area contributed by atoms with E-state index in [0.29, 0.717) is 30.3 Å².